The summed E-state index contributed by atoms with van der Waals surface area (Å²) in [5.41, 5.74) is 0.890. The fraction of sp³-hybridized carbons (Fsp3) is 0.312. The Bertz CT molecular complexity index is 642. The molecule has 1 saturated heterocycles. The van der Waals surface area contributed by atoms with Gasteiger partial charge in [-0.05, 0) is 40.2 Å². The topological polar surface area (TPSA) is 28.6 Å². The van der Waals surface area contributed by atoms with Crippen molar-refractivity contribution in [2.45, 2.75) is 0 Å². The summed E-state index contributed by atoms with van der Waals surface area (Å²) < 4.78 is 19.7. The van der Waals surface area contributed by atoms with Gasteiger partial charge < -0.3 is 14.5 Å². The summed E-state index contributed by atoms with van der Waals surface area (Å²) >= 11 is 3.39. The van der Waals surface area contributed by atoms with Crippen molar-refractivity contribution in [1.82, 2.24) is 4.98 Å². The smallest absolute Gasteiger partial charge is 0.167 e. The molecule has 1 aromatic carbocycles. The predicted molar refractivity (Wildman–Crippen MR) is 89.3 cm³/mol. The number of piperazine rings is 1. The van der Waals surface area contributed by atoms with Gasteiger partial charge in [-0.25, -0.2) is 9.37 Å². The number of benzene rings is 1. The highest BCUT2D eigenvalue weighted by molar-refractivity contribution is 9.10. The van der Waals surface area contributed by atoms with Crippen LogP contribution in [0.4, 0.5) is 15.9 Å². The Morgan fingerprint density at radius 1 is 1.09 bits per heavy atom. The van der Waals surface area contributed by atoms with Crippen LogP contribution in [0.5, 0.6) is 5.75 Å². The summed E-state index contributed by atoms with van der Waals surface area (Å²) in [7, 11) is 1.47. The molecule has 0 amide bonds. The average Bonchev–Trinajstić information content (AvgIpc) is 2.56. The van der Waals surface area contributed by atoms with E-state index in [2.05, 4.69) is 30.7 Å². The zero-order chi connectivity index (χ0) is 15.5. The molecule has 1 fully saturated rings. The van der Waals surface area contributed by atoms with Crippen LogP contribution in [0.1, 0.15) is 0 Å². The van der Waals surface area contributed by atoms with Crippen molar-refractivity contribution in [3.63, 3.8) is 0 Å². The van der Waals surface area contributed by atoms with Gasteiger partial charge in [0.15, 0.2) is 11.6 Å². The van der Waals surface area contributed by atoms with Gasteiger partial charge in [-0.3, -0.25) is 0 Å². The summed E-state index contributed by atoms with van der Waals surface area (Å²) in [4.78, 5) is 8.84. The van der Waals surface area contributed by atoms with Gasteiger partial charge in [-0.1, -0.05) is 0 Å². The first kappa shape index (κ1) is 15.1. The molecular weight excluding hydrogens is 349 g/mol. The molecule has 22 heavy (non-hydrogen) atoms. The number of halogens is 2. The number of aromatic nitrogens is 1. The van der Waals surface area contributed by atoms with E-state index in [-0.39, 0.29) is 11.6 Å². The lowest BCUT2D eigenvalue weighted by Crippen LogP contribution is -2.46. The standard InChI is InChI=1S/C16H17BrFN3O/c1-22-15-4-3-13(10-14(15)18)20-6-8-21(9-7-20)16-5-2-12(17)11-19-16/h2-5,10-11H,6-9H2,1H3. The first-order valence-corrected chi connectivity index (χ1v) is 7.91. The summed E-state index contributed by atoms with van der Waals surface area (Å²) in [6.45, 7) is 3.40. The van der Waals surface area contributed by atoms with Crippen molar-refractivity contribution in [3.05, 3.63) is 46.8 Å². The third-order valence-corrected chi connectivity index (χ3v) is 4.29. The third-order valence-electron chi connectivity index (χ3n) is 3.82. The van der Waals surface area contributed by atoms with Crippen molar-refractivity contribution < 1.29 is 9.13 Å². The van der Waals surface area contributed by atoms with Crippen molar-refractivity contribution in [2.24, 2.45) is 0 Å². The van der Waals surface area contributed by atoms with Gasteiger partial charge in [0, 0.05) is 48.6 Å². The Kier molecular flexibility index (Phi) is 4.47. The summed E-state index contributed by atoms with van der Waals surface area (Å²) in [5.74, 6) is 0.933. The second kappa shape index (κ2) is 6.52. The summed E-state index contributed by atoms with van der Waals surface area (Å²) in [6.07, 6.45) is 1.81. The Hall–Kier alpha value is -1.82. The van der Waals surface area contributed by atoms with E-state index in [0.717, 1.165) is 42.2 Å². The zero-order valence-corrected chi connectivity index (χ0v) is 13.9. The molecule has 0 spiro atoms. The Morgan fingerprint density at radius 2 is 1.82 bits per heavy atom. The second-order valence-corrected chi connectivity index (χ2v) is 6.04. The number of rotatable bonds is 3. The maximum atomic E-state index is 13.8. The van der Waals surface area contributed by atoms with E-state index >= 15 is 0 Å². The molecule has 0 saturated carbocycles. The van der Waals surface area contributed by atoms with Crippen LogP contribution in [0.2, 0.25) is 0 Å². The van der Waals surface area contributed by atoms with Crippen LogP contribution in [0.15, 0.2) is 41.0 Å². The molecule has 0 aliphatic carbocycles. The lowest BCUT2D eigenvalue weighted by atomic mass is 10.2. The Morgan fingerprint density at radius 3 is 2.41 bits per heavy atom. The largest absolute Gasteiger partial charge is 0.494 e. The minimum atomic E-state index is -0.322. The molecule has 2 heterocycles. The van der Waals surface area contributed by atoms with Crippen LogP contribution in [0.25, 0.3) is 0 Å². The third kappa shape index (κ3) is 3.16. The van der Waals surface area contributed by atoms with E-state index in [1.165, 1.54) is 13.2 Å². The fourth-order valence-corrected chi connectivity index (χ4v) is 2.84. The number of methoxy groups -OCH3 is 1. The molecular formula is C16H17BrFN3O. The van der Waals surface area contributed by atoms with E-state index in [0.29, 0.717) is 0 Å². The predicted octanol–water partition coefficient (Wildman–Crippen LogP) is 3.32. The number of hydrogen-bond donors (Lipinski definition) is 0. The van der Waals surface area contributed by atoms with Crippen LogP contribution in [-0.2, 0) is 0 Å². The summed E-state index contributed by atoms with van der Waals surface area (Å²) in [5, 5.41) is 0. The number of pyridine rings is 1. The molecule has 1 aromatic heterocycles. The minimum Gasteiger partial charge on any atom is -0.494 e. The van der Waals surface area contributed by atoms with Gasteiger partial charge in [-0.15, -0.1) is 0 Å². The monoisotopic (exact) mass is 365 g/mol. The van der Waals surface area contributed by atoms with Crippen LogP contribution >= 0.6 is 15.9 Å². The van der Waals surface area contributed by atoms with E-state index in [4.69, 9.17) is 4.74 Å². The molecule has 0 unspecified atom stereocenters. The van der Waals surface area contributed by atoms with Crippen molar-refractivity contribution in [3.8, 4) is 5.75 Å². The lowest BCUT2D eigenvalue weighted by molar-refractivity contribution is 0.386. The van der Waals surface area contributed by atoms with Crippen LogP contribution in [0, 0.1) is 5.82 Å². The van der Waals surface area contributed by atoms with Gasteiger partial charge in [0.05, 0.1) is 7.11 Å². The number of hydrogen-bond acceptors (Lipinski definition) is 4. The molecule has 6 heteroatoms. The second-order valence-electron chi connectivity index (χ2n) is 5.13. The van der Waals surface area contributed by atoms with Crippen LogP contribution < -0.4 is 14.5 Å². The van der Waals surface area contributed by atoms with Crippen LogP contribution in [0.3, 0.4) is 0 Å². The minimum absolute atomic E-state index is 0.279. The van der Waals surface area contributed by atoms with Gasteiger partial charge in [-0.2, -0.15) is 0 Å². The average molecular weight is 366 g/mol. The number of anilines is 2. The molecule has 0 atom stereocenters. The molecule has 3 rings (SSSR count). The maximum absolute atomic E-state index is 13.8. The van der Waals surface area contributed by atoms with E-state index in [1.807, 2.05) is 18.2 Å². The highest BCUT2D eigenvalue weighted by Crippen LogP contribution is 2.25. The normalized spacial score (nSPS) is 15.0. The molecule has 0 N–H and O–H groups in total. The van der Waals surface area contributed by atoms with Crippen molar-refractivity contribution in [2.75, 3.05) is 43.1 Å². The Labute approximate surface area is 137 Å². The SMILES string of the molecule is COc1ccc(N2CCN(c3ccc(Br)cn3)CC2)cc1F. The molecule has 4 nitrogen and oxygen atoms in total. The van der Waals surface area contributed by atoms with E-state index in [1.54, 1.807) is 12.3 Å². The van der Waals surface area contributed by atoms with Crippen LogP contribution in [-0.4, -0.2) is 38.3 Å². The lowest BCUT2D eigenvalue weighted by Gasteiger charge is -2.36. The van der Waals surface area contributed by atoms with E-state index < -0.39 is 0 Å². The highest BCUT2D eigenvalue weighted by Gasteiger charge is 2.19. The zero-order valence-electron chi connectivity index (χ0n) is 12.3. The van der Waals surface area contributed by atoms with Gasteiger partial charge >= 0.3 is 0 Å². The Balaban J connectivity index is 1.66. The van der Waals surface area contributed by atoms with Gasteiger partial charge in [0.1, 0.15) is 5.82 Å². The number of nitrogens with zero attached hydrogens (tertiary/aromatic N) is 3. The van der Waals surface area contributed by atoms with E-state index in [9.17, 15) is 4.39 Å². The van der Waals surface area contributed by atoms with Gasteiger partial charge in [0.25, 0.3) is 0 Å². The number of ether oxygens (including phenoxy) is 1. The molecule has 116 valence electrons. The fourth-order valence-electron chi connectivity index (χ4n) is 2.60. The van der Waals surface area contributed by atoms with Crippen molar-refractivity contribution >= 4 is 27.4 Å². The quantitative estimate of drug-likeness (QED) is 0.834. The molecule has 2 aromatic rings. The van der Waals surface area contributed by atoms with Gasteiger partial charge in [0.2, 0.25) is 0 Å². The summed E-state index contributed by atoms with van der Waals surface area (Å²) in [6, 6.07) is 9.11. The molecule has 0 bridgehead atoms. The molecule has 0 radical (unpaired) electrons. The van der Waals surface area contributed by atoms with Crippen molar-refractivity contribution in [1.29, 1.82) is 0 Å². The first-order valence-electron chi connectivity index (χ1n) is 7.12. The maximum Gasteiger partial charge on any atom is 0.167 e. The first-order chi connectivity index (χ1) is 10.7. The molecule has 1 aliphatic rings. The highest BCUT2D eigenvalue weighted by atomic mass is 79.9. The molecule has 1 aliphatic heterocycles.